The standard InChI is InChI=1S/C27H30N2O2SSi/c1-22-10-16-26(17-11-22)32(30,31)28-20-27(24-8-6-5-7-9-24)29(21-28)25-14-12-23(13-15-25)18-19-33(2,3)4/h5-17,27H,20-21H2,1-4H3. The van der Waals surface area contributed by atoms with Gasteiger partial charge in [0.15, 0.2) is 0 Å². The normalized spacial score (nSPS) is 17.0. The number of hydrogen-bond acceptors (Lipinski definition) is 3. The summed E-state index contributed by atoms with van der Waals surface area (Å²) in [6.45, 7) is 9.34. The van der Waals surface area contributed by atoms with Crippen molar-refractivity contribution in [3.8, 4) is 11.5 Å². The quantitative estimate of drug-likeness (QED) is 0.374. The van der Waals surface area contributed by atoms with E-state index >= 15 is 0 Å². The van der Waals surface area contributed by atoms with Crippen molar-refractivity contribution < 1.29 is 8.42 Å². The summed E-state index contributed by atoms with van der Waals surface area (Å²) in [5, 5.41) is 0. The van der Waals surface area contributed by atoms with Crippen LogP contribution >= 0.6 is 0 Å². The van der Waals surface area contributed by atoms with Crippen LogP contribution in [0.1, 0.15) is 22.7 Å². The van der Waals surface area contributed by atoms with Crippen LogP contribution in [0.5, 0.6) is 0 Å². The molecule has 4 nitrogen and oxygen atoms in total. The second-order valence-corrected chi connectivity index (χ2v) is 16.2. The van der Waals surface area contributed by atoms with Crippen LogP contribution in [0.25, 0.3) is 0 Å². The van der Waals surface area contributed by atoms with Crippen LogP contribution in [0.3, 0.4) is 0 Å². The van der Waals surface area contributed by atoms with E-state index in [2.05, 4.69) is 48.1 Å². The lowest BCUT2D eigenvalue weighted by molar-refractivity contribution is 0.473. The Labute approximate surface area is 198 Å². The van der Waals surface area contributed by atoms with Crippen LogP contribution in [-0.2, 0) is 10.0 Å². The molecule has 6 heteroatoms. The highest BCUT2D eigenvalue weighted by Crippen LogP contribution is 2.35. The molecule has 3 aromatic rings. The number of aryl methyl sites for hydroxylation is 1. The lowest BCUT2D eigenvalue weighted by atomic mass is 10.1. The minimum Gasteiger partial charge on any atom is -0.349 e. The molecule has 1 heterocycles. The minimum absolute atomic E-state index is 0.0645. The molecule has 1 saturated heterocycles. The molecule has 0 aromatic heterocycles. The van der Waals surface area contributed by atoms with Crippen LogP contribution in [0, 0.1) is 18.4 Å². The summed E-state index contributed by atoms with van der Waals surface area (Å²) < 4.78 is 28.4. The molecule has 0 bridgehead atoms. The van der Waals surface area contributed by atoms with Crippen molar-refractivity contribution in [2.75, 3.05) is 18.1 Å². The number of sulfonamides is 1. The number of anilines is 1. The summed E-state index contributed by atoms with van der Waals surface area (Å²) in [5.41, 5.74) is 7.51. The van der Waals surface area contributed by atoms with Gasteiger partial charge in [0.05, 0.1) is 17.6 Å². The van der Waals surface area contributed by atoms with Gasteiger partial charge in [0.2, 0.25) is 10.0 Å². The molecule has 0 N–H and O–H groups in total. The lowest BCUT2D eigenvalue weighted by Gasteiger charge is -2.26. The van der Waals surface area contributed by atoms with Gasteiger partial charge >= 0.3 is 0 Å². The lowest BCUT2D eigenvalue weighted by Crippen LogP contribution is -2.31. The summed E-state index contributed by atoms with van der Waals surface area (Å²) >= 11 is 0. The molecule has 0 amide bonds. The molecule has 170 valence electrons. The Bertz CT molecular complexity index is 1270. The van der Waals surface area contributed by atoms with Crippen molar-refractivity contribution in [1.29, 1.82) is 0 Å². The average molecular weight is 475 g/mol. The molecule has 1 aliphatic rings. The molecular weight excluding hydrogens is 444 g/mol. The van der Waals surface area contributed by atoms with Gasteiger partial charge in [-0.3, -0.25) is 0 Å². The number of nitrogens with zero attached hydrogens (tertiary/aromatic N) is 2. The third-order valence-corrected chi connectivity index (χ3v) is 8.37. The zero-order chi connectivity index (χ0) is 23.6. The minimum atomic E-state index is -3.60. The first kappa shape index (κ1) is 23.3. The Kier molecular flexibility index (Phi) is 6.49. The molecule has 4 rings (SSSR count). The van der Waals surface area contributed by atoms with Crippen LogP contribution in [0.2, 0.25) is 19.6 Å². The molecule has 3 aromatic carbocycles. The fraction of sp³-hybridized carbons (Fsp3) is 0.259. The Hall–Kier alpha value is -2.85. The summed E-state index contributed by atoms with van der Waals surface area (Å²) in [4.78, 5) is 2.50. The summed E-state index contributed by atoms with van der Waals surface area (Å²) in [7, 11) is -5.04. The van der Waals surface area contributed by atoms with Crippen molar-refractivity contribution in [3.05, 3.63) is 95.6 Å². The SMILES string of the molecule is Cc1ccc(S(=O)(=O)N2CC(c3ccccc3)N(c3ccc(C#C[Si](C)(C)C)cc3)C2)cc1. The van der Waals surface area contributed by atoms with Gasteiger partial charge in [0.1, 0.15) is 8.07 Å². The van der Waals surface area contributed by atoms with Gasteiger partial charge in [0, 0.05) is 17.8 Å². The largest absolute Gasteiger partial charge is 0.349 e. The van der Waals surface area contributed by atoms with Gasteiger partial charge in [-0.05, 0) is 48.9 Å². The topological polar surface area (TPSA) is 40.6 Å². The van der Waals surface area contributed by atoms with Gasteiger partial charge in [-0.25, -0.2) is 8.42 Å². The molecule has 0 spiro atoms. The molecule has 1 fully saturated rings. The predicted octanol–water partition coefficient (Wildman–Crippen LogP) is 5.43. The molecule has 0 saturated carbocycles. The Morgan fingerprint density at radius 1 is 0.879 bits per heavy atom. The maximum atomic E-state index is 13.4. The van der Waals surface area contributed by atoms with E-state index < -0.39 is 18.1 Å². The van der Waals surface area contributed by atoms with Crippen LogP contribution in [-0.4, -0.2) is 34.0 Å². The van der Waals surface area contributed by atoms with E-state index in [0.29, 0.717) is 18.1 Å². The highest BCUT2D eigenvalue weighted by atomic mass is 32.2. The van der Waals surface area contributed by atoms with Gasteiger partial charge in [-0.15, -0.1) is 5.54 Å². The first-order valence-electron chi connectivity index (χ1n) is 11.2. The zero-order valence-corrected chi connectivity index (χ0v) is 21.4. The molecule has 1 aliphatic heterocycles. The van der Waals surface area contributed by atoms with Crippen LogP contribution < -0.4 is 4.90 Å². The van der Waals surface area contributed by atoms with Crippen molar-refractivity contribution in [3.63, 3.8) is 0 Å². The van der Waals surface area contributed by atoms with E-state index in [4.69, 9.17) is 0 Å². The third kappa shape index (κ3) is 5.39. The van der Waals surface area contributed by atoms with E-state index in [1.54, 1.807) is 16.4 Å². The van der Waals surface area contributed by atoms with E-state index in [9.17, 15) is 8.42 Å². The van der Waals surface area contributed by atoms with Crippen molar-refractivity contribution in [2.24, 2.45) is 0 Å². The number of benzene rings is 3. The average Bonchev–Trinajstić information content (AvgIpc) is 3.25. The molecule has 1 atom stereocenters. The highest BCUT2D eigenvalue weighted by molar-refractivity contribution is 7.89. The van der Waals surface area contributed by atoms with Crippen LogP contribution in [0.4, 0.5) is 5.69 Å². The fourth-order valence-corrected chi connectivity index (χ4v) is 5.78. The van der Waals surface area contributed by atoms with Crippen molar-refractivity contribution in [1.82, 2.24) is 4.31 Å². The second kappa shape index (κ2) is 9.18. The number of hydrogen-bond donors (Lipinski definition) is 0. The molecular formula is C27H30N2O2SSi. The third-order valence-electron chi connectivity index (χ3n) is 5.69. The zero-order valence-electron chi connectivity index (χ0n) is 19.6. The predicted molar refractivity (Wildman–Crippen MR) is 138 cm³/mol. The molecule has 1 unspecified atom stereocenters. The van der Waals surface area contributed by atoms with E-state index in [-0.39, 0.29) is 6.04 Å². The highest BCUT2D eigenvalue weighted by Gasteiger charge is 2.38. The maximum absolute atomic E-state index is 13.4. The second-order valence-electron chi connectivity index (χ2n) is 9.54. The summed E-state index contributed by atoms with van der Waals surface area (Å²) in [6, 6.07) is 25.3. The Morgan fingerprint density at radius 3 is 2.12 bits per heavy atom. The van der Waals surface area contributed by atoms with Gasteiger partial charge in [-0.2, -0.15) is 4.31 Å². The smallest absolute Gasteiger partial charge is 0.244 e. The van der Waals surface area contributed by atoms with Crippen LogP contribution in [0.15, 0.2) is 83.8 Å². The van der Waals surface area contributed by atoms with Gasteiger partial charge < -0.3 is 4.90 Å². The monoisotopic (exact) mass is 474 g/mol. The van der Waals surface area contributed by atoms with E-state index in [1.165, 1.54) is 0 Å². The first-order valence-corrected chi connectivity index (χ1v) is 16.1. The van der Waals surface area contributed by atoms with Gasteiger partial charge in [-0.1, -0.05) is 73.6 Å². The summed E-state index contributed by atoms with van der Waals surface area (Å²) in [5.74, 6) is 3.29. The van der Waals surface area contributed by atoms with Crippen molar-refractivity contribution >= 4 is 23.8 Å². The Morgan fingerprint density at radius 2 is 1.52 bits per heavy atom. The molecule has 33 heavy (non-hydrogen) atoms. The molecule has 0 radical (unpaired) electrons. The summed E-state index contributed by atoms with van der Waals surface area (Å²) in [6.07, 6.45) is 0. The fourth-order valence-electron chi connectivity index (χ4n) is 3.87. The van der Waals surface area contributed by atoms with E-state index in [0.717, 1.165) is 22.4 Å². The first-order chi connectivity index (χ1) is 15.6. The maximum Gasteiger partial charge on any atom is 0.244 e. The van der Waals surface area contributed by atoms with Gasteiger partial charge in [0.25, 0.3) is 0 Å². The van der Waals surface area contributed by atoms with E-state index in [1.807, 2.05) is 61.5 Å². The van der Waals surface area contributed by atoms with Crippen molar-refractivity contribution in [2.45, 2.75) is 37.5 Å². The molecule has 0 aliphatic carbocycles. The number of rotatable bonds is 4. The Balaban J connectivity index is 1.66.